The van der Waals surface area contributed by atoms with Crippen LogP contribution in [0.5, 0.6) is 0 Å². The molecule has 0 unspecified atom stereocenters. The number of hydrogen-bond donors (Lipinski definition) is 3. The lowest BCUT2D eigenvalue weighted by molar-refractivity contribution is -0.123. The number of aryl methyl sites for hydroxylation is 1. The Labute approximate surface area is 202 Å². The lowest BCUT2D eigenvalue weighted by Crippen LogP contribution is -2.34. The SMILES string of the molecule is Cc1ccc(C(=O)NCC(F)(F)F)cc1NCC(=O)NCCC(c1ccccc1)c1ccccc1. The van der Waals surface area contributed by atoms with E-state index in [1.54, 1.807) is 13.0 Å². The van der Waals surface area contributed by atoms with E-state index in [2.05, 4.69) is 34.9 Å². The predicted molar refractivity (Wildman–Crippen MR) is 130 cm³/mol. The van der Waals surface area contributed by atoms with Gasteiger partial charge >= 0.3 is 6.18 Å². The number of hydrogen-bond acceptors (Lipinski definition) is 3. The first-order valence-electron chi connectivity index (χ1n) is 11.3. The molecule has 0 saturated heterocycles. The number of carbonyl (C=O) groups excluding carboxylic acids is 2. The quantitative estimate of drug-likeness (QED) is 0.379. The number of halogens is 3. The van der Waals surface area contributed by atoms with Crippen LogP contribution in [0, 0.1) is 6.92 Å². The maximum absolute atomic E-state index is 12.4. The van der Waals surface area contributed by atoms with Crippen molar-refractivity contribution >= 4 is 17.5 Å². The van der Waals surface area contributed by atoms with Gasteiger partial charge < -0.3 is 16.0 Å². The summed E-state index contributed by atoms with van der Waals surface area (Å²) in [5.41, 5.74) is 3.69. The van der Waals surface area contributed by atoms with Crippen LogP contribution in [0.25, 0.3) is 0 Å². The maximum atomic E-state index is 12.4. The molecule has 0 fully saturated rings. The van der Waals surface area contributed by atoms with E-state index in [0.29, 0.717) is 18.7 Å². The van der Waals surface area contributed by atoms with Crippen molar-refractivity contribution in [2.75, 3.05) is 25.0 Å². The molecule has 184 valence electrons. The predicted octanol–water partition coefficient (Wildman–Crippen LogP) is 5.04. The summed E-state index contributed by atoms with van der Waals surface area (Å²) in [5, 5.41) is 7.72. The third-order valence-electron chi connectivity index (χ3n) is 5.55. The topological polar surface area (TPSA) is 70.2 Å². The van der Waals surface area contributed by atoms with Gasteiger partial charge in [-0.2, -0.15) is 13.2 Å². The monoisotopic (exact) mass is 483 g/mol. The molecule has 3 N–H and O–H groups in total. The zero-order valence-electron chi connectivity index (χ0n) is 19.4. The third-order valence-corrected chi connectivity index (χ3v) is 5.55. The van der Waals surface area contributed by atoms with Gasteiger partial charge in [-0.15, -0.1) is 0 Å². The fourth-order valence-electron chi connectivity index (χ4n) is 3.73. The van der Waals surface area contributed by atoms with E-state index in [9.17, 15) is 22.8 Å². The Kier molecular flexibility index (Phi) is 8.89. The number of anilines is 1. The summed E-state index contributed by atoms with van der Waals surface area (Å²) in [7, 11) is 0. The number of benzene rings is 3. The molecule has 35 heavy (non-hydrogen) atoms. The van der Waals surface area contributed by atoms with Crippen LogP contribution < -0.4 is 16.0 Å². The van der Waals surface area contributed by atoms with Crippen LogP contribution in [0.4, 0.5) is 18.9 Å². The van der Waals surface area contributed by atoms with E-state index in [-0.39, 0.29) is 23.9 Å². The average molecular weight is 484 g/mol. The van der Waals surface area contributed by atoms with Crippen LogP contribution in [-0.4, -0.2) is 37.6 Å². The van der Waals surface area contributed by atoms with Gasteiger partial charge in [0.1, 0.15) is 6.54 Å². The van der Waals surface area contributed by atoms with Gasteiger partial charge in [-0.05, 0) is 42.2 Å². The highest BCUT2D eigenvalue weighted by Gasteiger charge is 2.28. The van der Waals surface area contributed by atoms with Crippen molar-refractivity contribution < 1.29 is 22.8 Å². The Morgan fingerprint density at radius 1 is 0.857 bits per heavy atom. The molecule has 0 heterocycles. The van der Waals surface area contributed by atoms with Crippen molar-refractivity contribution in [3.8, 4) is 0 Å². The van der Waals surface area contributed by atoms with Gasteiger partial charge in [-0.3, -0.25) is 9.59 Å². The van der Waals surface area contributed by atoms with E-state index in [1.807, 2.05) is 41.7 Å². The molecule has 5 nitrogen and oxygen atoms in total. The van der Waals surface area contributed by atoms with E-state index in [1.165, 1.54) is 23.3 Å². The molecule has 0 bridgehead atoms. The van der Waals surface area contributed by atoms with Crippen molar-refractivity contribution in [2.45, 2.75) is 25.4 Å². The molecule has 3 aromatic rings. The van der Waals surface area contributed by atoms with Gasteiger partial charge in [-0.1, -0.05) is 66.7 Å². The molecule has 3 aromatic carbocycles. The zero-order chi connectivity index (χ0) is 25.3. The van der Waals surface area contributed by atoms with Gasteiger partial charge in [0.2, 0.25) is 5.91 Å². The molecule has 0 saturated carbocycles. The normalized spacial score (nSPS) is 11.2. The number of nitrogens with one attached hydrogen (secondary N) is 3. The number of rotatable bonds is 10. The molecule has 0 aliphatic rings. The van der Waals surface area contributed by atoms with Crippen molar-refractivity contribution in [3.05, 3.63) is 101 Å². The Balaban J connectivity index is 1.54. The maximum Gasteiger partial charge on any atom is 0.405 e. The first-order valence-corrected chi connectivity index (χ1v) is 11.3. The van der Waals surface area contributed by atoms with Gasteiger partial charge in [0.25, 0.3) is 5.91 Å². The molecule has 0 aromatic heterocycles. The minimum Gasteiger partial charge on any atom is -0.376 e. The first-order chi connectivity index (χ1) is 16.7. The molecule has 0 atom stereocenters. The van der Waals surface area contributed by atoms with Crippen molar-refractivity contribution in [1.82, 2.24) is 10.6 Å². The fourth-order valence-corrected chi connectivity index (χ4v) is 3.73. The Morgan fingerprint density at radius 3 is 2.03 bits per heavy atom. The molecule has 0 radical (unpaired) electrons. The Hall–Kier alpha value is -3.81. The lowest BCUT2D eigenvalue weighted by atomic mass is 9.88. The van der Waals surface area contributed by atoms with Crippen LogP contribution >= 0.6 is 0 Å². The summed E-state index contributed by atoms with van der Waals surface area (Å²) in [4.78, 5) is 24.4. The second-order valence-electron chi connectivity index (χ2n) is 8.19. The minimum absolute atomic E-state index is 0.0319. The average Bonchev–Trinajstić information content (AvgIpc) is 2.85. The summed E-state index contributed by atoms with van der Waals surface area (Å²) in [5.74, 6) is -0.918. The number of amides is 2. The largest absolute Gasteiger partial charge is 0.405 e. The Morgan fingerprint density at radius 2 is 1.46 bits per heavy atom. The molecule has 3 rings (SSSR count). The molecule has 0 spiro atoms. The smallest absolute Gasteiger partial charge is 0.376 e. The van der Waals surface area contributed by atoms with Crippen molar-refractivity contribution in [1.29, 1.82) is 0 Å². The van der Waals surface area contributed by atoms with E-state index in [0.717, 1.165) is 5.56 Å². The lowest BCUT2D eigenvalue weighted by Gasteiger charge is -2.18. The molecule has 8 heteroatoms. The van der Waals surface area contributed by atoms with E-state index in [4.69, 9.17) is 0 Å². The summed E-state index contributed by atoms with van der Waals surface area (Å²) in [6.45, 7) is 0.809. The molecule has 0 aliphatic carbocycles. The fraction of sp³-hybridized carbons (Fsp3) is 0.259. The van der Waals surface area contributed by atoms with Crippen LogP contribution in [0.1, 0.15) is 39.4 Å². The zero-order valence-corrected chi connectivity index (χ0v) is 19.4. The standard InChI is InChI=1S/C27H28F3N3O2/c1-19-12-13-22(26(35)33-18-27(28,29)30)16-24(19)32-17-25(34)31-15-14-23(20-8-4-2-5-9-20)21-10-6-3-7-11-21/h2-13,16,23,32H,14-15,17-18H2,1H3,(H,31,34)(H,33,35). The second-order valence-corrected chi connectivity index (χ2v) is 8.19. The van der Waals surface area contributed by atoms with Crippen LogP contribution in [0.2, 0.25) is 0 Å². The number of alkyl halides is 3. The summed E-state index contributed by atoms with van der Waals surface area (Å²) in [6, 6.07) is 24.7. The molecular formula is C27H28F3N3O2. The Bertz CT molecular complexity index is 1080. The third kappa shape index (κ3) is 8.17. The molecule has 0 aliphatic heterocycles. The van der Waals surface area contributed by atoms with Crippen molar-refractivity contribution in [2.24, 2.45) is 0 Å². The van der Waals surface area contributed by atoms with Gasteiger partial charge in [0.15, 0.2) is 0 Å². The van der Waals surface area contributed by atoms with Crippen LogP contribution in [-0.2, 0) is 4.79 Å². The van der Waals surface area contributed by atoms with Gasteiger partial charge in [-0.25, -0.2) is 0 Å². The highest BCUT2D eigenvalue weighted by molar-refractivity contribution is 5.95. The summed E-state index contributed by atoms with van der Waals surface area (Å²) in [6.07, 6.45) is -3.77. The molecule has 2 amide bonds. The van der Waals surface area contributed by atoms with Crippen LogP contribution in [0.15, 0.2) is 78.9 Å². The van der Waals surface area contributed by atoms with E-state index >= 15 is 0 Å². The molecular weight excluding hydrogens is 455 g/mol. The summed E-state index contributed by atoms with van der Waals surface area (Å²) >= 11 is 0. The van der Waals surface area contributed by atoms with Gasteiger partial charge in [0.05, 0.1) is 6.54 Å². The van der Waals surface area contributed by atoms with Crippen LogP contribution in [0.3, 0.4) is 0 Å². The van der Waals surface area contributed by atoms with Crippen molar-refractivity contribution in [3.63, 3.8) is 0 Å². The second kappa shape index (κ2) is 12.1. The minimum atomic E-state index is -4.49. The van der Waals surface area contributed by atoms with Gasteiger partial charge in [0, 0.05) is 23.7 Å². The first kappa shape index (κ1) is 25.8. The highest BCUT2D eigenvalue weighted by Crippen LogP contribution is 2.27. The highest BCUT2D eigenvalue weighted by atomic mass is 19.4. The van der Waals surface area contributed by atoms with E-state index < -0.39 is 18.6 Å². The summed E-state index contributed by atoms with van der Waals surface area (Å²) < 4.78 is 37.1. The number of carbonyl (C=O) groups is 2.